The molecule has 2 aliphatic rings. The highest BCUT2D eigenvalue weighted by atomic mass is 35.5. The molecule has 0 aliphatic carbocycles. The molecule has 1 unspecified atom stereocenters. The van der Waals surface area contributed by atoms with Crippen molar-refractivity contribution in [3.8, 4) is 11.4 Å². The van der Waals surface area contributed by atoms with E-state index in [1.54, 1.807) is 30.3 Å². The van der Waals surface area contributed by atoms with Gasteiger partial charge in [-0.15, -0.1) is 0 Å². The van der Waals surface area contributed by atoms with Gasteiger partial charge in [-0.1, -0.05) is 11.6 Å². The summed E-state index contributed by atoms with van der Waals surface area (Å²) in [6.45, 7) is 2.22. The number of ether oxygens (including phenoxy) is 1. The van der Waals surface area contributed by atoms with Gasteiger partial charge in [-0.3, -0.25) is 23.9 Å². The van der Waals surface area contributed by atoms with E-state index in [1.165, 1.54) is 23.0 Å². The predicted molar refractivity (Wildman–Crippen MR) is 128 cm³/mol. The van der Waals surface area contributed by atoms with Crippen LogP contribution >= 0.6 is 11.6 Å². The van der Waals surface area contributed by atoms with Crippen LogP contribution in [0.15, 0.2) is 58.4 Å². The van der Waals surface area contributed by atoms with Gasteiger partial charge in [0.25, 0.3) is 11.1 Å². The number of halogens is 1. The van der Waals surface area contributed by atoms with E-state index < -0.39 is 0 Å². The number of aromatic amines is 1. The average Bonchev–Trinajstić information content (AvgIpc) is 3.18. The number of carbonyl (C=O) groups excluding carboxylic acids is 1. The first kappa shape index (κ1) is 22.2. The van der Waals surface area contributed by atoms with Crippen LogP contribution < -0.4 is 26.1 Å². The lowest BCUT2D eigenvalue weighted by Crippen LogP contribution is -2.48. The van der Waals surface area contributed by atoms with Gasteiger partial charge in [0.2, 0.25) is 5.91 Å². The Bertz CT molecular complexity index is 1340. The average molecular weight is 482 g/mol. The molecule has 3 aromatic heterocycles. The summed E-state index contributed by atoms with van der Waals surface area (Å²) in [5, 5.41) is 3.46. The zero-order valence-electron chi connectivity index (χ0n) is 18.4. The minimum absolute atomic E-state index is 0.0943. The number of nitrogens with one attached hydrogen (secondary N) is 2. The van der Waals surface area contributed by atoms with Crippen molar-refractivity contribution in [1.82, 2.24) is 19.9 Å². The summed E-state index contributed by atoms with van der Waals surface area (Å²) in [5.74, 6) is 1.12. The highest BCUT2D eigenvalue weighted by molar-refractivity contribution is 6.30. The maximum atomic E-state index is 12.9. The Hall–Kier alpha value is -3.59. The smallest absolute Gasteiger partial charge is 0.273 e. The van der Waals surface area contributed by atoms with E-state index in [4.69, 9.17) is 16.3 Å². The Morgan fingerprint density at radius 1 is 1.12 bits per heavy atom. The largest absolute Gasteiger partial charge is 0.487 e. The first-order valence-electron chi connectivity index (χ1n) is 11.2. The van der Waals surface area contributed by atoms with Crippen molar-refractivity contribution < 1.29 is 9.53 Å². The molecule has 5 rings (SSSR count). The van der Waals surface area contributed by atoms with Crippen molar-refractivity contribution in [2.75, 3.05) is 24.5 Å². The van der Waals surface area contributed by atoms with Gasteiger partial charge in [0.1, 0.15) is 23.9 Å². The normalized spacial score (nSPS) is 19.9. The van der Waals surface area contributed by atoms with E-state index in [2.05, 4.69) is 15.3 Å². The number of anilines is 1. The van der Waals surface area contributed by atoms with Crippen LogP contribution in [0, 0.1) is 5.41 Å². The predicted octanol–water partition coefficient (Wildman–Crippen LogP) is 2.26. The van der Waals surface area contributed by atoms with Crippen molar-refractivity contribution in [3.05, 3.63) is 80.2 Å². The summed E-state index contributed by atoms with van der Waals surface area (Å²) in [5.41, 5.74) is -0.268. The topological polar surface area (TPSA) is 109 Å². The van der Waals surface area contributed by atoms with Crippen molar-refractivity contribution >= 4 is 23.3 Å². The Morgan fingerprint density at radius 3 is 2.71 bits per heavy atom. The fourth-order valence-corrected chi connectivity index (χ4v) is 4.78. The molecule has 1 amide bonds. The number of hydrogen-bond donors (Lipinski definition) is 2. The molecule has 2 saturated heterocycles. The third-order valence-electron chi connectivity index (χ3n) is 6.49. The molecular weight excluding hydrogens is 458 g/mol. The number of amides is 1. The van der Waals surface area contributed by atoms with Crippen molar-refractivity contribution in [3.63, 3.8) is 0 Å². The molecule has 2 aliphatic heterocycles. The summed E-state index contributed by atoms with van der Waals surface area (Å²) in [4.78, 5) is 47.0. The summed E-state index contributed by atoms with van der Waals surface area (Å²) >= 11 is 5.83. The van der Waals surface area contributed by atoms with Crippen molar-refractivity contribution in [2.24, 2.45) is 5.41 Å². The standard InChI is InChI=1S/C24H24ClN5O4/c25-16-2-3-17(27-13-16)14-34-18-6-11-30(21(31)12-18)19-4-5-20(28-22(19)32)29-10-1-7-24(15-29)8-9-26-23(24)33/h2-6,11-13H,1,7-10,14-15H2,(H,26,33)(H,28,32). The number of carbonyl (C=O) groups is 1. The number of hydrogen-bond acceptors (Lipinski definition) is 6. The van der Waals surface area contributed by atoms with Crippen molar-refractivity contribution in [2.45, 2.75) is 25.9 Å². The number of rotatable bonds is 5. The van der Waals surface area contributed by atoms with Gasteiger partial charge in [0, 0.05) is 38.1 Å². The van der Waals surface area contributed by atoms with E-state index in [0.29, 0.717) is 35.4 Å². The van der Waals surface area contributed by atoms with Crippen LogP contribution in [0.5, 0.6) is 5.75 Å². The second-order valence-electron chi connectivity index (χ2n) is 8.70. The quantitative estimate of drug-likeness (QED) is 0.578. The first-order valence-corrected chi connectivity index (χ1v) is 11.5. The van der Waals surface area contributed by atoms with Gasteiger partial charge in [0.15, 0.2) is 0 Å². The zero-order valence-corrected chi connectivity index (χ0v) is 19.2. The van der Waals surface area contributed by atoms with Crippen LogP contribution in [0.4, 0.5) is 5.82 Å². The molecule has 0 bridgehead atoms. The minimum atomic E-state index is -0.389. The number of nitrogens with zero attached hydrogens (tertiary/aromatic N) is 3. The Morgan fingerprint density at radius 2 is 2.00 bits per heavy atom. The SMILES string of the molecule is O=C1NCCC12CCCN(c1ccc(-n3ccc(OCc4ccc(Cl)cn4)cc3=O)c(=O)[nH]1)C2. The van der Waals surface area contributed by atoms with E-state index in [0.717, 1.165) is 25.8 Å². The van der Waals surface area contributed by atoms with Crippen molar-refractivity contribution in [1.29, 1.82) is 0 Å². The number of H-pyrrole nitrogens is 1. The molecule has 0 radical (unpaired) electrons. The molecule has 1 spiro atoms. The molecule has 176 valence electrons. The zero-order chi connectivity index (χ0) is 23.7. The van der Waals surface area contributed by atoms with E-state index in [1.807, 2.05) is 4.90 Å². The summed E-state index contributed by atoms with van der Waals surface area (Å²) in [7, 11) is 0. The maximum Gasteiger partial charge on any atom is 0.273 e. The first-order chi connectivity index (χ1) is 16.4. The molecule has 10 heteroatoms. The van der Waals surface area contributed by atoms with Gasteiger partial charge in [-0.25, -0.2) is 0 Å². The van der Waals surface area contributed by atoms with Gasteiger partial charge in [-0.05, 0) is 49.6 Å². The minimum Gasteiger partial charge on any atom is -0.487 e. The Kier molecular flexibility index (Phi) is 5.87. The van der Waals surface area contributed by atoms with E-state index in [9.17, 15) is 14.4 Å². The lowest BCUT2D eigenvalue weighted by Gasteiger charge is -2.39. The molecule has 1 atom stereocenters. The molecule has 0 saturated carbocycles. The fraction of sp³-hybridized carbons (Fsp3) is 0.333. The number of piperidine rings is 1. The monoisotopic (exact) mass is 481 g/mol. The van der Waals surface area contributed by atoms with Gasteiger partial charge in [0.05, 0.1) is 16.1 Å². The summed E-state index contributed by atoms with van der Waals surface area (Å²) in [6, 6.07) is 9.82. The Labute approximate surface area is 200 Å². The second kappa shape index (κ2) is 8.98. The van der Waals surface area contributed by atoms with Crippen LogP contribution in [-0.2, 0) is 11.4 Å². The third kappa shape index (κ3) is 4.31. The van der Waals surface area contributed by atoms with Crippen LogP contribution in [0.3, 0.4) is 0 Å². The number of pyridine rings is 3. The maximum absolute atomic E-state index is 12.9. The van der Waals surface area contributed by atoms with Crippen LogP contribution in [0.2, 0.25) is 5.02 Å². The lowest BCUT2D eigenvalue weighted by molar-refractivity contribution is -0.128. The van der Waals surface area contributed by atoms with Gasteiger partial charge in [-0.2, -0.15) is 0 Å². The fourth-order valence-electron chi connectivity index (χ4n) is 4.67. The van der Waals surface area contributed by atoms with Gasteiger partial charge < -0.3 is 19.9 Å². The van der Waals surface area contributed by atoms with Gasteiger partial charge >= 0.3 is 0 Å². The molecule has 2 N–H and O–H groups in total. The van der Waals surface area contributed by atoms with Crippen LogP contribution in [0.25, 0.3) is 5.69 Å². The summed E-state index contributed by atoms with van der Waals surface area (Å²) < 4.78 is 6.92. The van der Waals surface area contributed by atoms with E-state index in [-0.39, 0.29) is 34.7 Å². The Balaban J connectivity index is 1.32. The molecule has 0 aromatic carbocycles. The molecule has 5 heterocycles. The molecule has 34 heavy (non-hydrogen) atoms. The van der Waals surface area contributed by atoms with Crippen LogP contribution in [0.1, 0.15) is 25.0 Å². The highest BCUT2D eigenvalue weighted by Crippen LogP contribution is 2.37. The van der Waals surface area contributed by atoms with Crippen LogP contribution in [-0.4, -0.2) is 40.1 Å². The number of aromatic nitrogens is 3. The molecule has 2 fully saturated rings. The highest BCUT2D eigenvalue weighted by Gasteiger charge is 2.45. The summed E-state index contributed by atoms with van der Waals surface area (Å²) in [6.07, 6.45) is 5.58. The molecular formula is C24H24ClN5O4. The third-order valence-corrected chi connectivity index (χ3v) is 6.71. The lowest BCUT2D eigenvalue weighted by atomic mass is 9.78. The van der Waals surface area contributed by atoms with E-state index >= 15 is 0 Å². The second-order valence-corrected chi connectivity index (χ2v) is 9.13. The molecule has 9 nitrogen and oxygen atoms in total. The molecule has 3 aromatic rings.